The minimum Gasteiger partial charge on any atom is -0.396 e. The molecule has 1 aliphatic rings. The molecule has 0 spiro atoms. The van der Waals surface area contributed by atoms with Crippen molar-refractivity contribution in [3.8, 4) is 0 Å². The maximum Gasteiger partial charge on any atom is 0.106 e. The molecule has 0 aromatic heterocycles. The highest BCUT2D eigenvalue weighted by Crippen LogP contribution is 2.43. The van der Waals surface area contributed by atoms with Gasteiger partial charge in [-0.2, -0.15) is 0 Å². The molecule has 0 heterocycles. The SMILES string of the molecule is CC(C)(C)OC1CC(CO)C(C(C)(C)C)C(O)C1O. The molecule has 1 saturated carbocycles. The average Bonchev–Trinajstić information content (AvgIpc) is 2.20. The second-order valence-corrected chi connectivity index (χ2v) is 7.82. The summed E-state index contributed by atoms with van der Waals surface area (Å²) in [6.45, 7) is 11.9. The van der Waals surface area contributed by atoms with Crippen molar-refractivity contribution in [3.05, 3.63) is 0 Å². The van der Waals surface area contributed by atoms with Gasteiger partial charge in [0.25, 0.3) is 0 Å². The van der Waals surface area contributed by atoms with Crippen molar-refractivity contribution in [1.82, 2.24) is 0 Å². The van der Waals surface area contributed by atoms with E-state index in [1.165, 1.54) is 0 Å². The smallest absolute Gasteiger partial charge is 0.106 e. The zero-order chi connectivity index (χ0) is 15.0. The molecule has 0 saturated heterocycles. The minimum atomic E-state index is -0.897. The van der Waals surface area contributed by atoms with Crippen LogP contribution in [0.15, 0.2) is 0 Å². The lowest BCUT2D eigenvalue weighted by Gasteiger charge is -2.48. The first-order chi connectivity index (χ1) is 8.47. The first-order valence-corrected chi connectivity index (χ1v) is 7.12. The first-order valence-electron chi connectivity index (χ1n) is 7.12. The molecular weight excluding hydrogens is 244 g/mol. The molecule has 5 atom stereocenters. The topological polar surface area (TPSA) is 69.9 Å². The lowest BCUT2D eigenvalue weighted by molar-refractivity contribution is -0.200. The lowest BCUT2D eigenvalue weighted by atomic mass is 9.63. The zero-order valence-electron chi connectivity index (χ0n) is 13.1. The predicted molar refractivity (Wildman–Crippen MR) is 74.8 cm³/mol. The number of aliphatic hydroxyl groups excluding tert-OH is 3. The minimum absolute atomic E-state index is 0.00964. The van der Waals surface area contributed by atoms with E-state index in [2.05, 4.69) is 0 Å². The number of hydrogen-bond acceptors (Lipinski definition) is 4. The Balaban J connectivity index is 2.91. The van der Waals surface area contributed by atoms with Crippen LogP contribution < -0.4 is 0 Å². The third-order valence-corrected chi connectivity index (χ3v) is 3.88. The van der Waals surface area contributed by atoms with Gasteiger partial charge in [-0.05, 0) is 44.4 Å². The normalized spacial score (nSPS) is 37.4. The summed E-state index contributed by atoms with van der Waals surface area (Å²) >= 11 is 0. The molecule has 0 bridgehead atoms. The first kappa shape index (κ1) is 16.9. The van der Waals surface area contributed by atoms with E-state index in [4.69, 9.17) is 4.74 Å². The summed E-state index contributed by atoms with van der Waals surface area (Å²) in [6.07, 6.45) is -1.61. The number of ether oxygens (including phenoxy) is 1. The Bertz CT molecular complexity index is 286. The van der Waals surface area contributed by atoms with Crippen molar-refractivity contribution in [2.75, 3.05) is 6.61 Å². The summed E-state index contributed by atoms with van der Waals surface area (Å²) in [5, 5.41) is 30.3. The van der Waals surface area contributed by atoms with E-state index < -0.39 is 18.3 Å². The highest BCUT2D eigenvalue weighted by molar-refractivity contribution is 4.98. The van der Waals surface area contributed by atoms with Crippen LogP contribution in [0.5, 0.6) is 0 Å². The Morgan fingerprint density at radius 3 is 1.89 bits per heavy atom. The van der Waals surface area contributed by atoms with Gasteiger partial charge in [0.05, 0.1) is 17.8 Å². The van der Waals surface area contributed by atoms with E-state index >= 15 is 0 Å². The van der Waals surface area contributed by atoms with Crippen LogP contribution in [0.1, 0.15) is 48.0 Å². The van der Waals surface area contributed by atoms with Crippen LogP contribution in [0, 0.1) is 17.3 Å². The Labute approximate surface area is 116 Å². The lowest BCUT2D eigenvalue weighted by Crippen LogP contribution is -2.56. The summed E-state index contributed by atoms with van der Waals surface area (Å²) in [5.41, 5.74) is -0.541. The van der Waals surface area contributed by atoms with E-state index in [0.717, 1.165) is 0 Å². The molecule has 1 rings (SSSR count). The molecule has 0 aliphatic heterocycles. The molecule has 19 heavy (non-hydrogen) atoms. The molecule has 1 aliphatic carbocycles. The fourth-order valence-electron chi connectivity index (χ4n) is 3.28. The Morgan fingerprint density at radius 1 is 1.00 bits per heavy atom. The maximum atomic E-state index is 10.4. The van der Waals surface area contributed by atoms with Gasteiger partial charge in [-0.25, -0.2) is 0 Å². The van der Waals surface area contributed by atoms with Crippen LogP contribution in [0.25, 0.3) is 0 Å². The molecule has 0 aromatic rings. The van der Waals surface area contributed by atoms with Gasteiger partial charge in [0.1, 0.15) is 6.10 Å². The highest BCUT2D eigenvalue weighted by Gasteiger charge is 2.48. The second kappa shape index (κ2) is 5.68. The second-order valence-electron chi connectivity index (χ2n) is 7.82. The maximum absolute atomic E-state index is 10.4. The van der Waals surface area contributed by atoms with E-state index in [-0.39, 0.29) is 29.5 Å². The fraction of sp³-hybridized carbons (Fsp3) is 1.00. The van der Waals surface area contributed by atoms with E-state index in [1.807, 2.05) is 41.5 Å². The molecule has 4 nitrogen and oxygen atoms in total. The van der Waals surface area contributed by atoms with Gasteiger partial charge < -0.3 is 20.1 Å². The summed E-state index contributed by atoms with van der Waals surface area (Å²) in [4.78, 5) is 0. The molecule has 5 unspecified atom stereocenters. The van der Waals surface area contributed by atoms with Gasteiger partial charge in [0, 0.05) is 6.61 Å². The van der Waals surface area contributed by atoms with Crippen molar-refractivity contribution < 1.29 is 20.1 Å². The molecule has 0 amide bonds. The van der Waals surface area contributed by atoms with Gasteiger partial charge in [-0.3, -0.25) is 0 Å². The summed E-state index contributed by atoms with van der Waals surface area (Å²) in [6, 6.07) is 0. The van der Waals surface area contributed by atoms with E-state index in [0.29, 0.717) is 6.42 Å². The molecule has 4 heteroatoms. The third kappa shape index (κ3) is 4.15. The standard InChI is InChI=1S/C15H30O4/c1-14(2,3)11-9(8-16)7-10(12(17)13(11)18)19-15(4,5)6/h9-13,16-18H,7-8H2,1-6H3. The highest BCUT2D eigenvalue weighted by atomic mass is 16.5. The van der Waals surface area contributed by atoms with Crippen LogP contribution >= 0.6 is 0 Å². The van der Waals surface area contributed by atoms with Crippen molar-refractivity contribution in [2.24, 2.45) is 17.3 Å². The zero-order valence-corrected chi connectivity index (χ0v) is 13.1. The summed E-state index contributed by atoms with van der Waals surface area (Å²) < 4.78 is 5.83. The van der Waals surface area contributed by atoms with Crippen LogP contribution in [0.2, 0.25) is 0 Å². The molecular formula is C15H30O4. The van der Waals surface area contributed by atoms with Crippen LogP contribution in [0.3, 0.4) is 0 Å². The number of rotatable bonds is 2. The number of aliphatic hydroxyl groups is 3. The molecule has 114 valence electrons. The van der Waals surface area contributed by atoms with Gasteiger partial charge >= 0.3 is 0 Å². The van der Waals surface area contributed by atoms with Gasteiger partial charge in [0.15, 0.2) is 0 Å². The summed E-state index contributed by atoms with van der Waals surface area (Å²) in [5.74, 6) is -0.182. The van der Waals surface area contributed by atoms with Crippen molar-refractivity contribution in [3.63, 3.8) is 0 Å². The van der Waals surface area contributed by atoms with Crippen LogP contribution in [0.4, 0.5) is 0 Å². The molecule has 3 N–H and O–H groups in total. The van der Waals surface area contributed by atoms with E-state index in [1.54, 1.807) is 0 Å². The van der Waals surface area contributed by atoms with Gasteiger partial charge in [0.2, 0.25) is 0 Å². The molecule has 1 fully saturated rings. The monoisotopic (exact) mass is 274 g/mol. The van der Waals surface area contributed by atoms with Gasteiger partial charge in [-0.1, -0.05) is 20.8 Å². The number of hydrogen-bond donors (Lipinski definition) is 3. The van der Waals surface area contributed by atoms with E-state index in [9.17, 15) is 15.3 Å². The fourth-order valence-corrected chi connectivity index (χ4v) is 3.28. The predicted octanol–water partition coefficient (Wildman–Crippen LogP) is 1.57. The van der Waals surface area contributed by atoms with Crippen molar-refractivity contribution in [1.29, 1.82) is 0 Å². The molecule has 0 aromatic carbocycles. The quantitative estimate of drug-likeness (QED) is 0.715. The van der Waals surface area contributed by atoms with Crippen LogP contribution in [-0.2, 0) is 4.74 Å². The van der Waals surface area contributed by atoms with Crippen molar-refractivity contribution >= 4 is 0 Å². The largest absolute Gasteiger partial charge is 0.396 e. The van der Waals surface area contributed by atoms with Crippen LogP contribution in [-0.4, -0.2) is 45.8 Å². The Hall–Kier alpha value is -0.160. The molecule has 0 radical (unpaired) electrons. The third-order valence-electron chi connectivity index (χ3n) is 3.88. The van der Waals surface area contributed by atoms with Crippen molar-refractivity contribution in [2.45, 2.75) is 71.9 Å². The average molecular weight is 274 g/mol. The Morgan fingerprint density at radius 2 is 1.53 bits per heavy atom. The van der Waals surface area contributed by atoms with Gasteiger partial charge in [-0.15, -0.1) is 0 Å². The Kier molecular flexibility index (Phi) is 5.05. The summed E-state index contributed by atoms with van der Waals surface area (Å²) in [7, 11) is 0.